The zero-order chi connectivity index (χ0) is 9.68. The molecule has 1 aliphatic heterocycles. The first-order valence-electron chi connectivity index (χ1n) is 4.75. The fourth-order valence-corrected chi connectivity index (χ4v) is 1.63. The van der Waals surface area contributed by atoms with Gasteiger partial charge in [0.1, 0.15) is 6.04 Å². The van der Waals surface area contributed by atoms with Crippen LogP contribution in [0.1, 0.15) is 13.3 Å². The van der Waals surface area contributed by atoms with Crippen LogP contribution in [0.3, 0.4) is 0 Å². The molecule has 1 unspecified atom stereocenters. The van der Waals surface area contributed by atoms with Crippen molar-refractivity contribution in [2.45, 2.75) is 19.4 Å². The maximum absolute atomic E-state index is 8.97. The van der Waals surface area contributed by atoms with Crippen molar-refractivity contribution in [1.82, 2.24) is 10.2 Å². The maximum Gasteiger partial charge on any atom is 0.119 e. The van der Waals surface area contributed by atoms with E-state index in [0.717, 1.165) is 38.2 Å². The molecule has 3 heteroatoms. The number of rotatable bonds is 2. The summed E-state index contributed by atoms with van der Waals surface area (Å²) in [5.74, 6) is 0. The van der Waals surface area contributed by atoms with Gasteiger partial charge < -0.3 is 5.32 Å². The van der Waals surface area contributed by atoms with Crippen molar-refractivity contribution in [3.63, 3.8) is 0 Å². The summed E-state index contributed by atoms with van der Waals surface area (Å²) in [6.07, 6.45) is 1.12. The van der Waals surface area contributed by atoms with E-state index in [-0.39, 0.29) is 6.04 Å². The Morgan fingerprint density at radius 3 is 2.92 bits per heavy atom. The van der Waals surface area contributed by atoms with Gasteiger partial charge in [-0.05, 0) is 25.5 Å². The molecule has 13 heavy (non-hydrogen) atoms. The van der Waals surface area contributed by atoms with Crippen molar-refractivity contribution < 1.29 is 0 Å². The summed E-state index contributed by atoms with van der Waals surface area (Å²) in [5.41, 5.74) is 0.949. The van der Waals surface area contributed by atoms with Gasteiger partial charge in [-0.15, -0.1) is 0 Å². The van der Waals surface area contributed by atoms with Crippen LogP contribution >= 0.6 is 0 Å². The van der Waals surface area contributed by atoms with Gasteiger partial charge in [-0.25, -0.2) is 0 Å². The molecule has 0 spiro atoms. The highest BCUT2D eigenvalue weighted by atomic mass is 15.2. The largest absolute Gasteiger partial charge is 0.315 e. The van der Waals surface area contributed by atoms with Crippen LogP contribution in [0, 0.1) is 11.3 Å². The van der Waals surface area contributed by atoms with Crippen molar-refractivity contribution >= 4 is 0 Å². The Morgan fingerprint density at radius 2 is 2.31 bits per heavy atom. The standard InChI is InChI=1S/C10H17N3/c1-9(2)10(8-11)13-6-3-4-12-5-7-13/h10,12H,1,3-7H2,2H3. The van der Waals surface area contributed by atoms with Gasteiger partial charge in [0.2, 0.25) is 0 Å². The molecular weight excluding hydrogens is 162 g/mol. The number of hydrogen-bond donors (Lipinski definition) is 1. The highest BCUT2D eigenvalue weighted by Crippen LogP contribution is 2.09. The van der Waals surface area contributed by atoms with E-state index in [4.69, 9.17) is 5.26 Å². The number of nitrogens with one attached hydrogen (secondary N) is 1. The highest BCUT2D eigenvalue weighted by Gasteiger charge is 2.19. The minimum atomic E-state index is -0.0973. The lowest BCUT2D eigenvalue weighted by molar-refractivity contribution is 0.274. The van der Waals surface area contributed by atoms with Gasteiger partial charge in [-0.1, -0.05) is 6.58 Å². The van der Waals surface area contributed by atoms with Gasteiger partial charge in [-0.3, -0.25) is 4.90 Å². The molecule has 0 aromatic rings. The third-order valence-corrected chi connectivity index (χ3v) is 2.33. The van der Waals surface area contributed by atoms with Gasteiger partial charge in [0.25, 0.3) is 0 Å². The van der Waals surface area contributed by atoms with Crippen molar-refractivity contribution in [2.24, 2.45) is 0 Å². The molecular formula is C10H17N3. The molecule has 1 aliphatic rings. The molecule has 1 N–H and O–H groups in total. The van der Waals surface area contributed by atoms with Crippen LogP contribution in [0.5, 0.6) is 0 Å². The molecule has 0 aromatic carbocycles. The van der Waals surface area contributed by atoms with E-state index in [2.05, 4.69) is 22.9 Å². The van der Waals surface area contributed by atoms with Crippen molar-refractivity contribution in [3.8, 4) is 6.07 Å². The second kappa shape index (κ2) is 5.00. The van der Waals surface area contributed by atoms with Crippen molar-refractivity contribution in [1.29, 1.82) is 5.26 Å². The van der Waals surface area contributed by atoms with Gasteiger partial charge in [0, 0.05) is 19.6 Å². The van der Waals surface area contributed by atoms with E-state index in [1.54, 1.807) is 0 Å². The Morgan fingerprint density at radius 1 is 1.54 bits per heavy atom. The van der Waals surface area contributed by atoms with Crippen LogP contribution in [0.2, 0.25) is 0 Å². The van der Waals surface area contributed by atoms with E-state index in [0.29, 0.717) is 0 Å². The van der Waals surface area contributed by atoms with E-state index in [9.17, 15) is 0 Å². The summed E-state index contributed by atoms with van der Waals surface area (Å²) >= 11 is 0. The highest BCUT2D eigenvalue weighted by molar-refractivity contribution is 5.14. The molecule has 1 saturated heterocycles. The summed E-state index contributed by atoms with van der Waals surface area (Å²) in [4.78, 5) is 2.20. The fraction of sp³-hybridized carbons (Fsp3) is 0.700. The Kier molecular flexibility index (Phi) is 3.94. The van der Waals surface area contributed by atoms with Crippen LogP contribution < -0.4 is 5.32 Å². The number of nitriles is 1. The summed E-state index contributed by atoms with van der Waals surface area (Å²) in [7, 11) is 0. The predicted molar refractivity (Wildman–Crippen MR) is 53.3 cm³/mol. The molecule has 0 amide bonds. The molecule has 0 bridgehead atoms. The van der Waals surface area contributed by atoms with Gasteiger partial charge in [0.05, 0.1) is 6.07 Å². The van der Waals surface area contributed by atoms with Crippen molar-refractivity contribution in [3.05, 3.63) is 12.2 Å². The average Bonchev–Trinajstić information content (AvgIpc) is 2.33. The molecule has 1 rings (SSSR count). The SMILES string of the molecule is C=C(C)C(C#N)N1CCCNCC1. The lowest BCUT2D eigenvalue weighted by Crippen LogP contribution is -2.37. The maximum atomic E-state index is 8.97. The van der Waals surface area contributed by atoms with E-state index in [1.165, 1.54) is 0 Å². The molecule has 72 valence electrons. The van der Waals surface area contributed by atoms with Gasteiger partial charge in [-0.2, -0.15) is 5.26 Å². The summed E-state index contributed by atoms with van der Waals surface area (Å²) in [5, 5.41) is 12.3. The molecule has 0 saturated carbocycles. The van der Waals surface area contributed by atoms with E-state index >= 15 is 0 Å². The summed E-state index contributed by atoms with van der Waals surface area (Å²) in [6, 6.07) is 2.20. The lowest BCUT2D eigenvalue weighted by atomic mass is 10.1. The minimum Gasteiger partial charge on any atom is -0.315 e. The number of hydrogen-bond acceptors (Lipinski definition) is 3. The van der Waals surface area contributed by atoms with E-state index < -0.39 is 0 Å². The number of nitrogens with zero attached hydrogens (tertiary/aromatic N) is 2. The third-order valence-electron chi connectivity index (χ3n) is 2.33. The first-order chi connectivity index (χ1) is 6.25. The van der Waals surface area contributed by atoms with Crippen LogP contribution in [0.25, 0.3) is 0 Å². The molecule has 1 fully saturated rings. The zero-order valence-corrected chi connectivity index (χ0v) is 8.21. The smallest absolute Gasteiger partial charge is 0.119 e. The van der Waals surface area contributed by atoms with Gasteiger partial charge in [0.15, 0.2) is 0 Å². The zero-order valence-electron chi connectivity index (χ0n) is 8.21. The first kappa shape index (κ1) is 10.2. The third kappa shape index (κ3) is 2.83. The lowest BCUT2D eigenvalue weighted by Gasteiger charge is -2.24. The molecule has 3 nitrogen and oxygen atoms in total. The Labute approximate surface area is 80.0 Å². The molecule has 1 atom stereocenters. The predicted octanol–water partition coefficient (Wildman–Crippen LogP) is 0.750. The van der Waals surface area contributed by atoms with Crippen LogP contribution in [-0.2, 0) is 0 Å². The average molecular weight is 179 g/mol. The normalized spacial score (nSPS) is 21.5. The Hall–Kier alpha value is -0.850. The first-order valence-corrected chi connectivity index (χ1v) is 4.75. The summed E-state index contributed by atoms with van der Waals surface area (Å²) < 4.78 is 0. The summed E-state index contributed by atoms with van der Waals surface area (Å²) in [6.45, 7) is 9.76. The van der Waals surface area contributed by atoms with Gasteiger partial charge >= 0.3 is 0 Å². The van der Waals surface area contributed by atoms with Crippen LogP contribution in [0.15, 0.2) is 12.2 Å². The molecule has 1 heterocycles. The quantitative estimate of drug-likeness (QED) is 0.636. The topological polar surface area (TPSA) is 39.1 Å². The van der Waals surface area contributed by atoms with Crippen molar-refractivity contribution in [2.75, 3.05) is 26.2 Å². The molecule has 0 aliphatic carbocycles. The minimum absolute atomic E-state index is 0.0973. The van der Waals surface area contributed by atoms with Crippen LogP contribution in [-0.4, -0.2) is 37.1 Å². The van der Waals surface area contributed by atoms with E-state index in [1.807, 2.05) is 6.92 Å². The monoisotopic (exact) mass is 179 g/mol. The molecule has 0 radical (unpaired) electrons. The second-order valence-corrected chi connectivity index (χ2v) is 3.52. The fourth-order valence-electron chi connectivity index (χ4n) is 1.63. The Bertz CT molecular complexity index is 209. The second-order valence-electron chi connectivity index (χ2n) is 3.52. The molecule has 0 aromatic heterocycles. The van der Waals surface area contributed by atoms with Crippen LogP contribution in [0.4, 0.5) is 0 Å². The Balaban J connectivity index is 2.56.